The molecule has 1 aromatic carbocycles. The lowest BCUT2D eigenvalue weighted by atomic mass is 10.2. The fourth-order valence-electron chi connectivity index (χ4n) is 2.10. The number of imidazole rings is 1. The molecule has 2 rings (SSSR count). The third kappa shape index (κ3) is 3.29. The zero-order chi connectivity index (χ0) is 15.4. The zero-order valence-electron chi connectivity index (χ0n) is 12.4. The Kier molecular flexibility index (Phi) is 4.39. The molecule has 5 heteroatoms. The summed E-state index contributed by atoms with van der Waals surface area (Å²) in [6, 6.07) is 8.50. The van der Waals surface area contributed by atoms with Crippen LogP contribution in [0.3, 0.4) is 0 Å². The van der Waals surface area contributed by atoms with Gasteiger partial charge in [-0.2, -0.15) is 5.26 Å². The van der Waals surface area contributed by atoms with Gasteiger partial charge in [0, 0.05) is 24.0 Å². The predicted octanol–water partition coefficient (Wildman–Crippen LogP) is 3.08. The van der Waals surface area contributed by atoms with E-state index in [2.05, 4.69) is 10.3 Å². The molecule has 1 amide bonds. The molecule has 0 aliphatic carbocycles. The monoisotopic (exact) mass is 282 g/mol. The van der Waals surface area contributed by atoms with Gasteiger partial charge in [-0.15, -0.1) is 0 Å². The Labute approximate surface area is 124 Å². The van der Waals surface area contributed by atoms with Crippen molar-refractivity contribution in [1.82, 2.24) is 9.55 Å². The summed E-state index contributed by atoms with van der Waals surface area (Å²) in [6.07, 6.45) is 3.53. The van der Waals surface area contributed by atoms with E-state index >= 15 is 0 Å². The number of hydrogen-bond donors (Lipinski definition) is 1. The third-order valence-electron chi connectivity index (χ3n) is 3.29. The van der Waals surface area contributed by atoms with Crippen molar-refractivity contribution in [2.75, 3.05) is 5.32 Å². The summed E-state index contributed by atoms with van der Waals surface area (Å²) in [5.41, 5.74) is 1.25. The third-order valence-corrected chi connectivity index (χ3v) is 3.29. The van der Waals surface area contributed by atoms with Gasteiger partial charge in [0.1, 0.15) is 11.9 Å². The summed E-state index contributed by atoms with van der Waals surface area (Å²) in [7, 11) is 0. The fourth-order valence-corrected chi connectivity index (χ4v) is 2.10. The molecule has 108 valence electrons. The average Bonchev–Trinajstić information content (AvgIpc) is 2.96. The molecule has 1 unspecified atom stereocenters. The molecule has 1 atom stereocenters. The summed E-state index contributed by atoms with van der Waals surface area (Å²) in [5, 5.41) is 11.6. The van der Waals surface area contributed by atoms with E-state index in [1.807, 2.05) is 37.6 Å². The molecule has 0 spiro atoms. The van der Waals surface area contributed by atoms with Gasteiger partial charge in [0.25, 0.3) is 0 Å². The van der Waals surface area contributed by atoms with Crippen LogP contribution in [0.4, 0.5) is 5.69 Å². The van der Waals surface area contributed by atoms with E-state index < -0.39 is 0 Å². The number of anilines is 1. The number of hydrogen-bond acceptors (Lipinski definition) is 3. The van der Waals surface area contributed by atoms with Crippen LogP contribution in [0.1, 0.15) is 44.1 Å². The van der Waals surface area contributed by atoms with Crippen molar-refractivity contribution < 1.29 is 4.79 Å². The Morgan fingerprint density at radius 3 is 2.52 bits per heavy atom. The van der Waals surface area contributed by atoms with Gasteiger partial charge in [-0.3, -0.25) is 4.79 Å². The molecule has 0 aliphatic rings. The Morgan fingerprint density at radius 2 is 1.95 bits per heavy atom. The summed E-state index contributed by atoms with van der Waals surface area (Å²) >= 11 is 0. The van der Waals surface area contributed by atoms with Crippen LogP contribution in [0.5, 0.6) is 0 Å². The van der Waals surface area contributed by atoms with Crippen molar-refractivity contribution in [3.05, 3.63) is 48.0 Å². The van der Waals surface area contributed by atoms with E-state index in [1.54, 1.807) is 30.5 Å². The molecule has 21 heavy (non-hydrogen) atoms. The van der Waals surface area contributed by atoms with Crippen molar-refractivity contribution in [1.29, 1.82) is 5.26 Å². The number of carbonyl (C=O) groups excluding carboxylic acids is 1. The highest BCUT2D eigenvalue weighted by atomic mass is 16.2. The molecule has 2 aromatic rings. The largest absolute Gasteiger partial charge is 0.324 e. The first-order valence-electron chi connectivity index (χ1n) is 6.86. The first-order chi connectivity index (χ1) is 10.0. The Hall–Kier alpha value is -2.61. The summed E-state index contributed by atoms with van der Waals surface area (Å²) in [6.45, 7) is 5.93. The Balaban J connectivity index is 2.12. The highest BCUT2D eigenvalue weighted by Crippen LogP contribution is 2.19. The summed E-state index contributed by atoms with van der Waals surface area (Å²) in [4.78, 5) is 16.6. The highest BCUT2D eigenvalue weighted by Gasteiger charge is 2.19. The van der Waals surface area contributed by atoms with E-state index in [0.717, 1.165) is 5.82 Å². The molecular weight excluding hydrogens is 264 g/mol. The summed E-state index contributed by atoms with van der Waals surface area (Å²) < 4.78 is 1.88. The van der Waals surface area contributed by atoms with Crippen molar-refractivity contribution in [2.24, 2.45) is 0 Å². The van der Waals surface area contributed by atoms with Crippen LogP contribution in [0.15, 0.2) is 36.7 Å². The second kappa shape index (κ2) is 6.23. The number of carbonyl (C=O) groups is 1. The molecule has 5 nitrogen and oxygen atoms in total. The van der Waals surface area contributed by atoms with Gasteiger partial charge >= 0.3 is 0 Å². The molecule has 1 N–H and O–H groups in total. The molecule has 0 saturated heterocycles. The maximum atomic E-state index is 12.3. The second-order valence-corrected chi connectivity index (χ2v) is 5.20. The number of rotatable bonds is 4. The standard InChI is InChI=1S/C16H18N4O/c1-11(2)15-18-8-9-20(15)12(3)16(21)19-14-6-4-13(10-17)5-7-14/h4-9,11-12H,1-3H3,(H,19,21). The van der Waals surface area contributed by atoms with Crippen LogP contribution in [0, 0.1) is 11.3 Å². The lowest BCUT2D eigenvalue weighted by molar-refractivity contribution is -0.118. The molecule has 0 aliphatic heterocycles. The van der Waals surface area contributed by atoms with E-state index in [4.69, 9.17) is 5.26 Å². The minimum Gasteiger partial charge on any atom is -0.324 e. The van der Waals surface area contributed by atoms with Gasteiger partial charge in [-0.05, 0) is 31.2 Å². The SMILES string of the molecule is CC(C)c1nccn1C(C)C(=O)Nc1ccc(C#N)cc1. The molecule has 0 radical (unpaired) electrons. The van der Waals surface area contributed by atoms with Crippen LogP contribution in [0.2, 0.25) is 0 Å². The number of nitrogens with zero attached hydrogens (tertiary/aromatic N) is 3. The van der Waals surface area contributed by atoms with Gasteiger partial charge in [0.15, 0.2) is 0 Å². The van der Waals surface area contributed by atoms with Crippen molar-refractivity contribution in [3.8, 4) is 6.07 Å². The number of nitrogens with one attached hydrogen (secondary N) is 1. The number of benzene rings is 1. The van der Waals surface area contributed by atoms with E-state index in [1.165, 1.54) is 0 Å². The van der Waals surface area contributed by atoms with Gasteiger partial charge < -0.3 is 9.88 Å². The first-order valence-corrected chi connectivity index (χ1v) is 6.86. The van der Waals surface area contributed by atoms with E-state index in [9.17, 15) is 4.79 Å². The van der Waals surface area contributed by atoms with Crippen molar-refractivity contribution in [3.63, 3.8) is 0 Å². The maximum Gasteiger partial charge on any atom is 0.247 e. The average molecular weight is 282 g/mol. The van der Waals surface area contributed by atoms with Crippen LogP contribution in [0.25, 0.3) is 0 Å². The minimum absolute atomic E-state index is 0.111. The Morgan fingerprint density at radius 1 is 1.29 bits per heavy atom. The number of amides is 1. The molecule has 1 aromatic heterocycles. The van der Waals surface area contributed by atoms with Crippen molar-refractivity contribution >= 4 is 11.6 Å². The lowest BCUT2D eigenvalue weighted by Crippen LogP contribution is -2.25. The second-order valence-electron chi connectivity index (χ2n) is 5.20. The number of aromatic nitrogens is 2. The normalized spacial score (nSPS) is 12.0. The smallest absolute Gasteiger partial charge is 0.247 e. The van der Waals surface area contributed by atoms with Gasteiger partial charge in [0.05, 0.1) is 11.6 Å². The Bertz CT molecular complexity index is 664. The van der Waals surface area contributed by atoms with Gasteiger partial charge in [-0.25, -0.2) is 4.98 Å². The number of nitriles is 1. The topological polar surface area (TPSA) is 70.7 Å². The lowest BCUT2D eigenvalue weighted by Gasteiger charge is -2.17. The van der Waals surface area contributed by atoms with E-state index in [-0.39, 0.29) is 17.9 Å². The fraction of sp³-hybridized carbons (Fsp3) is 0.312. The van der Waals surface area contributed by atoms with Crippen LogP contribution in [-0.2, 0) is 4.79 Å². The van der Waals surface area contributed by atoms with Crippen LogP contribution < -0.4 is 5.32 Å². The molecule has 1 heterocycles. The molecule has 0 bridgehead atoms. The zero-order valence-corrected chi connectivity index (χ0v) is 12.4. The van der Waals surface area contributed by atoms with Crippen molar-refractivity contribution in [2.45, 2.75) is 32.7 Å². The summed E-state index contributed by atoms with van der Waals surface area (Å²) in [5.74, 6) is 1.03. The van der Waals surface area contributed by atoms with E-state index in [0.29, 0.717) is 11.3 Å². The molecule has 0 fully saturated rings. The van der Waals surface area contributed by atoms with Crippen LogP contribution >= 0.6 is 0 Å². The highest BCUT2D eigenvalue weighted by molar-refractivity contribution is 5.93. The predicted molar refractivity (Wildman–Crippen MR) is 80.8 cm³/mol. The van der Waals surface area contributed by atoms with Gasteiger partial charge in [0.2, 0.25) is 5.91 Å². The maximum absolute atomic E-state index is 12.3. The van der Waals surface area contributed by atoms with Gasteiger partial charge in [-0.1, -0.05) is 13.8 Å². The molecular formula is C16H18N4O. The minimum atomic E-state index is -0.347. The van der Waals surface area contributed by atoms with Crippen LogP contribution in [-0.4, -0.2) is 15.5 Å². The molecule has 0 saturated carbocycles. The first kappa shape index (κ1) is 14.8. The quantitative estimate of drug-likeness (QED) is 0.936.